The molecule has 2 heterocycles. The van der Waals surface area contributed by atoms with Gasteiger partial charge in [0.1, 0.15) is 0 Å². The molecule has 0 saturated carbocycles. The maximum absolute atomic E-state index is 12.1. The first-order valence-electron chi connectivity index (χ1n) is 6.49. The van der Waals surface area contributed by atoms with Crippen LogP contribution in [-0.4, -0.2) is 22.1 Å². The number of ether oxygens (including phenoxy) is 1. The SMILES string of the molecule is CCOC(=O)c1c(C)cc(=O)n(Cc2csc(=O)[nH]2)c1C. The van der Waals surface area contributed by atoms with Gasteiger partial charge in [-0.25, -0.2) is 4.79 Å². The summed E-state index contributed by atoms with van der Waals surface area (Å²) in [7, 11) is 0. The highest BCUT2D eigenvalue weighted by Crippen LogP contribution is 2.14. The van der Waals surface area contributed by atoms with Gasteiger partial charge < -0.3 is 14.3 Å². The van der Waals surface area contributed by atoms with E-state index in [1.54, 1.807) is 26.2 Å². The molecule has 0 fully saturated rings. The van der Waals surface area contributed by atoms with Crippen LogP contribution in [-0.2, 0) is 11.3 Å². The molecule has 0 aliphatic heterocycles. The molecule has 21 heavy (non-hydrogen) atoms. The molecule has 0 bridgehead atoms. The first-order valence-corrected chi connectivity index (χ1v) is 7.36. The summed E-state index contributed by atoms with van der Waals surface area (Å²) < 4.78 is 6.48. The minimum absolute atomic E-state index is 0.173. The number of nitrogens with zero attached hydrogens (tertiary/aromatic N) is 1. The number of aromatic amines is 1. The maximum atomic E-state index is 12.1. The van der Waals surface area contributed by atoms with Crippen LogP contribution in [0.1, 0.15) is 34.2 Å². The van der Waals surface area contributed by atoms with E-state index in [0.29, 0.717) is 22.5 Å². The fourth-order valence-corrected chi connectivity index (χ4v) is 2.76. The largest absolute Gasteiger partial charge is 0.462 e. The minimum Gasteiger partial charge on any atom is -0.462 e. The molecule has 0 amide bonds. The third-order valence-electron chi connectivity index (χ3n) is 3.15. The van der Waals surface area contributed by atoms with Gasteiger partial charge in [0.25, 0.3) is 5.56 Å². The van der Waals surface area contributed by atoms with Crippen molar-refractivity contribution >= 4 is 17.3 Å². The van der Waals surface area contributed by atoms with E-state index >= 15 is 0 Å². The Labute approximate surface area is 125 Å². The maximum Gasteiger partial charge on any atom is 0.340 e. The first-order chi connectivity index (χ1) is 9.93. The van der Waals surface area contributed by atoms with Gasteiger partial charge in [-0.05, 0) is 26.3 Å². The molecule has 7 heteroatoms. The molecule has 0 aromatic carbocycles. The molecule has 1 N–H and O–H groups in total. The van der Waals surface area contributed by atoms with Crippen LogP contribution in [0.25, 0.3) is 0 Å². The van der Waals surface area contributed by atoms with Crippen LogP contribution in [0.15, 0.2) is 21.0 Å². The number of hydrogen-bond acceptors (Lipinski definition) is 5. The fraction of sp³-hybridized carbons (Fsp3) is 0.357. The molecule has 0 spiro atoms. The number of carbonyl (C=O) groups is 1. The zero-order valence-corrected chi connectivity index (χ0v) is 12.9. The lowest BCUT2D eigenvalue weighted by Crippen LogP contribution is -2.27. The lowest BCUT2D eigenvalue weighted by molar-refractivity contribution is 0.0523. The third kappa shape index (κ3) is 3.13. The highest BCUT2D eigenvalue weighted by molar-refractivity contribution is 7.07. The number of aryl methyl sites for hydroxylation is 1. The number of carbonyl (C=O) groups excluding carboxylic acids is 1. The third-order valence-corrected chi connectivity index (χ3v) is 3.86. The molecular weight excluding hydrogens is 292 g/mol. The molecule has 2 aromatic rings. The van der Waals surface area contributed by atoms with E-state index in [-0.39, 0.29) is 23.6 Å². The van der Waals surface area contributed by atoms with Gasteiger partial charge in [0.15, 0.2) is 0 Å². The lowest BCUT2D eigenvalue weighted by atomic mass is 10.1. The zero-order chi connectivity index (χ0) is 15.6. The molecule has 0 saturated heterocycles. The van der Waals surface area contributed by atoms with Crippen LogP contribution in [0.5, 0.6) is 0 Å². The number of esters is 1. The molecule has 0 radical (unpaired) electrons. The Morgan fingerprint density at radius 3 is 2.67 bits per heavy atom. The number of thiazole rings is 1. The van der Waals surface area contributed by atoms with Crippen LogP contribution < -0.4 is 10.4 Å². The summed E-state index contributed by atoms with van der Waals surface area (Å²) in [6.07, 6.45) is 0. The fourth-order valence-electron chi connectivity index (χ4n) is 2.19. The average Bonchev–Trinajstić information content (AvgIpc) is 2.80. The van der Waals surface area contributed by atoms with Crippen LogP contribution in [0.4, 0.5) is 0 Å². The van der Waals surface area contributed by atoms with Crippen LogP contribution in [0.2, 0.25) is 0 Å². The summed E-state index contributed by atoms with van der Waals surface area (Å²) >= 11 is 1.04. The van der Waals surface area contributed by atoms with E-state index in [2.05, 4.69) is 4.98 Å². The Kier molecular flexibility index (Phi) is 4.42. The summed E-state index contributed by atoms with van der Waals surface area (Å²) in [5.41, 5.74) is 1.93. The van der Waals surface area contributed by atoms with Gasteiger partial charge in [-0.3, -0.25) is 9.59 Å². The number of rotatable bonds is 4. The number of pyridine rings is 1. The van der Waals surface area contributed by atoms with Gasteiger partial charge in [0.05, 0.1) is 18.7 Å². The van der Waals surface area contributed by atoms with Crippen LogP contribution in [0, 0.1) is 13.8 Å². The second kappa shape index (κ2) is 6.09. The summed E-state index contributed by atoms with van der Waals surface area (Å²) in [4.78, 5) is 37.8. The van der Waals surface area contributed by atoms with Gasteiger partial charge in [-0.1, -0.05) is 11.3 Å². The zero-order valence-electron chi connectivity index (χ0n) is 12.1. The first kappa shape index (κ1) is 15.2. The predicted octanol–water partition coefficient (Wildman–Crippen LogP) is 1.44. The second-order valence-electron chi connectivity index (χ2n) is 4.61. The molecule has 0 aliphatic carbocycles. The molecule has 0 unspecified atom stereocenters. The van der Waals surface area contributed by atoms with Crippen molar-refractivity contribution in [1.82, 2.24) is 9.55 Å². The van der Waals surface area contributed by atoms with Crippen molar-refractivity contribution in [2.24, 2.45) is 0 Å². The standard InChI is InChI=1S/C14H16N2O4S/c1-4-20-13(18)12-8(2)5-11(17)16(9(12)3)6-10-7-21-14(19)15-10/h5,7H,4,6H2,1-3H3,(H,15,19). The van der Waals surface area contributed by atoms with Crippen molar-refractivity contribution in [1.29, 1.82) is 0 Å². The molecule has 0 atom stereocenters. The molecule has 2 rings (SSSR count). The molecule has 6 nitrogen and oxygen atoms in total. The van der Waals surface area contributed by atoms with Gasteiger partial charge in [0.2, 0.25) is 0 Å². The van der Waals surface area contributed by atoms with Crippen molar-refractivity contribution in [3.63, 3.8) is 0 Å². The van der Waals surface area contributed by atoms with Crippen molar-refractivity contribution in [3.05, 3.63) is 54.0 Å². The van der Waals surface area contributed by atoms with Crippen LogP contribution >= 0.6 is 11.3 Å². The highest BCUT2D eigenvalue weighted by Gasteiger charge is 2.18. The lowest BCUT2D eigenvalue weighted by Gasteiger charge is -2.14. The van der Waals surface area contributed by atoms with Gasteiger partial charge >= 0.3 is 10.8 Å². The van der Waals surface area contributed by atoms with Gasteiger partial charge in [0, 0.05) is 22.8 Å². The topological polar surface area (TPSA) is 81.2 Å². The quantitative estimate of drug-likeness (QED) is 0.867. The molecule has 112 valence electrons. The van der Waals surface area contributed by atoms with Crippen molar-refractivity contribution in [2.45, 2.75) is 27.3 Å². The average molecular weight is 308 g/mol. The smallest absolute Gasteiger partial charge is 0.340 e. The van der Waals surface area contributed by atoms with Crippen LogP contribution in [0.3, 0.4) is 0 Å². The number of aromatic nitrogens is 2. The molecule has 0 aliphatic rings. The summed E-state index contributed by atoms with van der Waals surface area (Å²) in [5, 5.41) is 1.66. The monoisotopic (exact) mass is 308 g/mol. The van der Waals surface area contributed by atoms with E-state index in [9.17, 15) is 14.4 Å². The Bertz CT molecular complexity index is 785. The van der Waals surface area contributed by atoms with E-state index in [1.807, 2.05) is 0 Å². The normalized spacial score (nSPS) is 10.6. The van der Waals surface area contributed by atoms with Gasteiger partial charge in [-0.15, -0.1) is 0 Å². The Hall–Kier alpha value is -2.15. The summed E-state index contributed by atoms with van der Waals surface area (Å²) in [6, 6.07) is 1.41. The second-order valence-corrected chi connectivity index (χ2v) is 5.45. The highest BCUT2D eigenvalue weighted by atomic mass is 32.1. The Morgan fingerprint density at radius 2 is 2.10 bits per heavy atom. The van der Waals surface area contributed by atoms with Crippen molar-refractivity contribution in [3.8, 4) is 0 Å². The number of H-pyrrole nitrogens is 1. The minimum atomic E-state index is -0.444. The molecule has 2 aromatic heterocycles. The van der Waals surface area contributed by atoms with E-state index < -0.39 is 5.97 Å². The summed E-state index contributed by atoms with van der Waals surface area (Å²) in [5.74, 6) is -0.444. The van der Waals surface area contributed by atoms with Gasteiger partial charge in [-0.2, -0.15) is 0 Å². The van der Waals surface area contributed by atoms with E-state index in [4.69, 9.17) is 4.74 Å². The number of nitrogens with one attached hydrogen (secondary N) is 1. The van der Waals surface area contributed by atoms with Crippen molar-refractivity contribution in [2.75, 3.05) is 6.61 Å². The van der Waals surface area contributed by atoms with Crippen molar-refractivity contribution < 1.29 is 9.53 Å². The molecular formula is C14H16N2O4S. The Morgan fingerprint density at radius 1 is 1.38 bits per heavy atom. The predicted molar refractivity (Wildman–Crippen MR) is 80.2 cm³/mol. The number of hydrogen-bond donors (Lipinski definition) is 1. The summed E-state index contributed by atoms with van der Waals surface area (Å²) in [6.45, 7) is 5.63. The Balaban J connectivity index is 2.51. The van der Waals surface area contributed by atoms with E-state index in [1.165, 1.54) is 10.6 Å². The van der Waals surface area contributed by atoms with E-state index in [0.717, 1.165) is 11.3 Å².